The highest BCUT2D eigenvalue weighted by Crippen LogP contribution is 2.43. The second kappa shape index (κ2) is 5.96. The van der Waals surface area contributed by atoms with Gasteiger partial charge in [0.15, 0.2) is 0 Å². The molecule has 1 aromatic rings. The van der Waals surface area contributed by atoms with Gasteiger partial charge in [-0.05, 0) is 49.7 Å². The summed E-state index contributed by atoms with van der Waals surface area (Å²) in [5.74, 6) is 2.00. The molecule has 2 saturated heterocycles. The van der Waals surface area contributed by atoms with E-state index in [4.69, 9.17) is 4.74 Å². The molecule has 3 rings (SSSR count). The van der Waals surface area contributed by atoms with Crippen LogP contribution in [-0.2, 0) is 6.54 Å². The second-order valence-corrected chi connectivity index (χ2v) is 6.88. The number of methoxy groups -OCH3 is 1. The van der Waals surface area contributed by atoms with Crippen molar-refractivity contribution >= 4 is 0 Å². The van der Waals surface area contributed by atoms with Crippen LogP contribution < -0.4 is 4.74 Å². The third-order valence-corrected chi connectivity index (χ3v) is 5.51. The number of nitrogens with zero attached hydrogens (tertiary/aromatic N) is 1. The SMILES string of the molecule is COc1cccc(F)c1CN1C2CCC1[C@H](C(C)C)CC2. The van der Waals surface area contributed by atoms with Gasteiger partial charge in [-0.15, -0.1) is 0 Å². The first kappa shape index (κ1) is 14.8. The fraction of sp³-hybridized carbons (Fsp3) is 0.667. The molecule has 0 N–H and O–H groups in total. The van der Waals surface area contributed by atoms with Gasteiger partial charge >= 0.3 is 0 Å². The summed E-state index contributed by atoms with van der Waals surface area (Å²) in [4.78, 5) is 2.55. The molecular weight excluding hydrogens is 265 g/mol. The van der Waals surface area contributed by atoms with Gasteiger partial charge in [0.25, 0.3) is 0 Å². The van der Waals surface area contributed by atoms with Gasteiger partial charge in [0.1, 0.15) is 11.6 Å². The summed E-state index contributed by atoms with van der Waals surface area (Å²) in [6.07, 6.45) is 5.13. The second-order valence-electron chi connectivity index (χ2n) is 6.88. The fourth-order valence-electron chi connectivity index (χ4n) is 4.40. The van der Waals surface area contributed by atoms with E-state index >= 15 is 0 Å². The molecule has 2 aliphatic heterocycles. The van der Waals surface area contributed by atoms with E-state index in [9.17, 15) is 4.39 Å². The Labute approximate surface area is 127 Å². The van der Waals surface area contributed by atoms with E-state index < -0.39 is 0 Å². The Bertz CT molecular complexity index is 502. The lowest BCUT2D eigenvalue weighted by Gasteiger charge is -2.42. The molecule has 1 aromatic carbocycles. The fourth-order valence-corrected chi connectivity index (χ4v) is 4.40. The van der Waals surface area contributed by atoms with Crippen molar-refractivity contribution in [1.29, 1.82) is 0 Å². The summed E-state index contributed by atoms with van der Waals surface area (Å²) in [5.41, 5.74) is 0.723. The maximum Gasteiger partial charge on any atom is 0.131 e. The molecule has 2 nitrogen and oxygen atoms in total. The summed E-state index contributed by atoms with van der Waals surface area (Å²) < 4.78 is 19.6. The largest absolute Gasteiger partial charge is 0.496 e. The Balaban J connectivity index is 1.85. The molecule has 2 aliphatic rings. The molecule has 0 spiro atoms. The highest BCUT2D eigenvalue weighted by atomic mass is 19.1. The van der Waals surface area contributed by atoms with Crippen LogP contribution in [0.15, 0.2) is 18.2 Å². The minimum atomic E-state index is -0.138. The van der Waals surface area contributed by atoms with Crippen molar-refractivity contribution < 1.29 is 9.13 Å². The Morgan fingerprint density at radius 2 is 2.00 bits per heavy atom. The average molecular weight is 291 g/mol. The van der Waals surface area contributed by atoms with Gasteiger partial charge in [-0.3, -0.25) is 4.90 Å². The van der Waals surface area contributed by atoms with E-state index in [1.165, 1.54) is 25.7 Å². The molecule has 0 radical (unpaired) electrons. The van der Waals surface area contributed by atoms with Crippen LogP contribution in [0.3, 0.4) is 0 Å². The first-order chi connectivity index (χ1) is 10.1. The maximum atomic E-state index is 14.2. The monoisotopic (exact) mass is 291 g/mol. The van der Waals surface area contributed by atoms with Crippen LogP contribution in [-0.4, -0.2) is 24.1 Å². The Kier molecular flexibility index (Phi) is 4.21. The molecule has 2 bridgehead atoms. The molecule has 3 atom stereocenters. The standard InChI is InChI=1S/C18H26FNO/c1-12(2)14-9-7-13-8-10-17(14)20(13)11-15-16(19)5-4-6-18(15)21-3/h4-6,12-14,17H,7-11H2,1-3H3/t13?,14-,17?/m0/s1. The van der Waals surface area contributed by atoms with E-state index in [1.54, 1.807) is 19.2 Å². The molecule has 2 unspecified atom stereocenters. The zero-order valence-electron chi connectivity index (χ0n) is 13.3. The third kappa shape index (κ3) is 2.68. The van der Waals surface area contributed by atoms with E-state index in [2.05, 4.69) is 18.7 Å². The summed E-state index contributed by atoms with van der Waals surface area (Å²) in [5, 5.41) is 0. The number of ether oxygens (including phenoxy) is 1. The number of piperidine rings is 1. The normalized spacial score (nSPS) is 29.1. The van der Waals surface area contributed by atoms with E-state index in [1.807, 2.05) is 6.07 Å². The quantitative estimate of drug-likeness (QED) is 0.823. The van der Waals surface area contributed by atoms with Gasteiger partial charge in [0, 0.05) is 24.2 Å². The van der Waals surface area contributed by atoms with Crippen LogP contribution in [0.25, 0.3) is 0 Å². The Morgan fingerprint density at radius 3 is 2.71 bits per heavy atom. The first-order valence-corrected chi connectivity index (χ1v) is 8.19. The van der Waals surface area contributed by atoms with Crippen molar-refractivity contribution in [1.82, 2.24) is 4.90 Å². The van der Waals surface area contributed by atoms with Crippen molar-refractivity contribution in [3.8, 4) is 5.75 Å². The highest BCUT2D eigenvalue weighted by molar-refractivity contribution is 5.34. The summed E-state index contributed by atoms with van der Waals surface area (Å²) >= 11 is 0. The number of hydrogen-bond donors (Lipinski definition) is 0. The molecule has 2 fully saturated rings. The minimum Gasteiger partial charge on any atom is -0.496 e. The molecule has 116 valence electrons. The molecule has 3 heteroatoms. The van der Waals surface area contributed by atoms with Crippen LogP contribution >= 0.6 is 0 Å². The molecule has 21 heavy (non-hydrogen) atoms. The predicted octanol–water partition coefficient (Wildman–Crippen LogP) is 4.23. The topological polar surface area (TPSA) is 12.5 Å². The van der Waals surface area contributed by atoms with Crippen LogP contribution in [0.2, 0.25) is 0 Å². The van der Waals surface area contributed by atoms with Crippen LogP contribution in [0.5, 0.6) is 5.75 Å². The predicted molar refractivity (Wildman–Crippen MR) is 82.9 cm³/mol. The third-order valence-electron chi connectivity index (χ3n) is 5.51. The van der Waals surface area contributed by atoms with Gasteiger partial charge in [0.05, 0.1) is 7.11 Å². The van der Waals surface area contributed by atoms with Crippen LogP contribution in [0.1, 0.15) is 45.1 Å². The number of rotatable bonds is 4. The minimum absolute atomic E-state index is 0.138. The van der Waals surface area contributed by atoms with Gasteiger partial charge < -0.3 is 4.74 Å². The zero-order valence-corrected chi connectivity index (χ0v) is 13.3. The Morgan fingerprint density at radius 1 is 1.24 bits per heavy atom. The number of fused-ring (bicyclic) bond motifs is 2. The molecule has 0 aliphatic carbocycles. The molecule has 2 heterocycles. The lowest BCUT2D eigenvalue weighted by molar-refractivity contribution is 0.0603. The smallest absolute Gasteiger partial charge is 0.131 e. The molecule has 0 saturated carbocycles. The first-order valence-electron chi connectivity index (χ1n) is 8.19. The van der Waals surface area contributed by atoms with Gasteiger partial charge in [-0.2, -0.15) is 0 Å². The van der Waals surface area contributed by atoms with Gasteiger partial charge in [-0.25, -0.2) is 4.39 Å². The van der Waals surface area contributed by atoms with Gasteiger partial charge in [0.2, 0.25) is 0 Å². The zero-order chi connectivity index (χ0) is 15.0. The molecular formula is C18H26FNO. The molecule has 0 aromatic heterocycles. The van der Waals surface area contributed by atoms with Crippen LogP contribution in [0.4, 0.5) is 4.39 Å². The number of benzene rings is 1. The van der Waals surface area contributed by atoms with Crippen molar-refractivity contribution in [2.24, 2.45) is 11.8 Å². The lowest BCUT2D eigenvalue weighted by atomic mass is 9.81. The van der Waals surface area contributed by atoms with Crippen molar-refractivity contribution in [2.75, 3.05) is 7.11 Å². The van der Waals surface area contributed by atoms with Crippen molar-refractivity contribution in [2.45, 2.75) is 58.2 Å². The van der Waals surface area contributed by atoms with Crippen molar-refractivity contribution in [3.63, 3.8) is 0 Å². The van der Waals surface area contributed by atoms with E-state index in [0.29, 0.717) is 30.3 Å². The Hall–Kier alpha value is -1.09. The summed E-state index contributed by atoms with van der Waals surface area (Å²) in [6, 6.07) is 6.38. The van der Waals surface area contributed by atoms with E-state index in [-0.39, 0.29) is 5.82 Å². The lowest BCUT2D eigenvalue weighted by Crippen LogP contribution is -2.45. The van der Waals surface area contributed by atoms with Crippen molar-refractivity contribution in [3.05, 3.63) is 29.6 Å². The van der Waals surface area contributed by atoms with Gasteiger partial charge in [-0.1, -0.05) is 19.9 Å². The van der Waals surface area contributed by atoms with Crippen LogP contribution in [0, 0.1) is 17.7 Å². The number of hydrogen-bond acceptors (Lipinski definition) is 2. The molecule has 0 amide bonds. The average Bonchev–Trinajstić information content (AvgIpc) is 2.71. The number of halogens is 1. The van der Waals surface area contributed by atoms with E-state index in [0.717, 1.165) is 11.5 Å². The highest BCUT2D eigenvalue weighted by Gasteiger charge is 2.43. The summed E-state index contributed by atoms with van der Waals surface area (Å²) in [7, 11) is 1.63. The summed E-state index contributed by atoms with van der Waals surface area (Å²) in [6.45, 7) is 5.34. The maximum absolute atomic E-state index is 14.2.